The minimum Gasteiger partial charge on any atom is -0.352 e. The lowest BCUT2D eigenvalue weighted by Gasteiger charge is -2.29. The topological polar surface area (TPSA) is 84.2 Å². The lowest BCUT2D eigenvalue weighted by Crippen LogP contribution is -2.40. The van der Waals surface area contributed by atoms with Gasteiger partial charge in [-0.3, -0.25) is 9.78 Å². The van der Waals surface area contributed by atoms with Gasteiger partial charge in [0.25, 0.3) is 0 Å². The molecular weight excluding hydrogens is 378 g/mol. The third kappa shape index (κ3) is 4.31. The Morgan fingerprint density at radius 3 is 2.86 bits per heavy atom. The summed E-state index contributed by atoms with van der Waals surface area (Å²) in [5.74, 6) is 0.575. The van der Waals surface area contributed by atoms with Crippen molar-refractivity contribution in [3.8, 4) is 11.4 Å². The zero-order chi connectivity index (χ0) is 19.3. The quantitative estimate of drug-likeness (QED) is 0.711. The maximum absolute atomic E-state index is 12.4. The van der Waals surface area contributed by atoms with Crippen LogP contribution in [0.3, 0.4) is 0 Å². The largest absolute Gasteiger partial charge is 0.352 e. The first kappa shape index (κ1) is 18.4. The first-order valence-electron chi connectivity index (χ1n) is 9.20. The Morgan fingerprint density at radius 2 is 2.11 bits per heavy atom. The molecule has 3 aromatic rings. The lowest BCUT2D eigenvalue weighted by atomic mass is 9.96. The number of nitrogens with one attached hydrogen (secondary N) is 1. The van der Waals surface area contributed by atoms with E-state index in [9.17, 15) is 4.79 Å². The molecule has 0 spiro atoms. The van der Waals surface area contributed by atoms with Gasteiger partial charge in [0.2, 0.25) is 11.7 Å². The number of hydrogen-bond acceptors (Lipinski definition) is 6. The van der Waals surface area contributed by atoms with Gasteiger partial charge in [0.15, 0.2) is 0 Å². The van der Waals surface area contributed by atoms with E-state index in [0.29, 0.717) is 36.5 Å². The summed E-state index contributed by atoms with van der Waals surface area (Å²) in [5, 5.41) is 7.67. The SMILES string of the molecule is O=C(NCc1cccnc1)C1CCN(c2nc(-c3cccc(Cl)c3)no2)CC1. The van der Waals surface area contributed by atoms with Gasteiger partial charge in [-0.1, -0.05) is 35.0 Å². The number of aromatic nitrogens is 3. The Labute approximate surface area is 167 Å². The van der Waals surface area contributed by atoms with Gasteiger partial charge < -0.3 is 14.7 Å². The molecule has 144 valence electrons. The van der Waals surface area contributed by atoms with E-state index < -0.39 is 0 Å². The molecule has 0 radical (unpaired) electrons. The second-order valence-electron chi connectivity index (χ2n) is 6.75. The zero-order valence-corrected chi connectivity index (χ0v) is 16.0. The molecule has 1 amide bonds. The summed E-state index contributed by atoms with van der Waals surface area (Å²) < 4.78 is 5.41. The Morgan fingerprint density at radius 1 is 1.25 bits per heavy atom. The van der Waals surface area contributed by atoms with Crippen molar-refractivity contribution in [2.24, 2.45) is 5.92 Å². The second-order valence-corrected chi connectivity index (χ2v) is 7.19. The molecule has 0 atom stereocenters. The van der Waals surface area contributed by atoms with E-state index in [1.807, 2.05) is 29.2 Å². The van der Waals surface area contributed by atoms with E-state index in [1.54, 1.807) is 24.5 Å². The molecular formula is C20H20ClN5O2. The maximum atomic E-state index is 12.4. The highest BCUT2D eigenvalue weighted by atomic mass is 35.5. The predicted octanol–water partition coefficient (Wildman–Crippen LogP) is 3.32. The van der Waals surface area contributed by atoms with Crippen LogP contribution in [-0.4, -0.2) is 34.1 Å². The number of carbonyl (C=O) groups excluding carboxylic acids is 1. The van der Waals surface area contributed by atoms with Crippen molar-refractivity contribution in [1.29, 1.82) is 0 Å². The molecule has 0 aliphatic carbocycles. The number of pyridine rings is 1. The minimum absolute atomic E-state index is 0.0109. The number of piperidine rings is 1. The standard InChI is InChI=1S/C20H20ClN5O2/c21-17-5-1-4-16(11-17)18-24-20(28-25-18)26-9-6-15(7-10-26)19(27)23-13-14-3-2-8-22-12-14/h1-5,8,11-12,15H,6-7,9-10,13H2,(H,23,27). The van der Waals surface area contributed by atoms with Gasteiger partial charge in [-0.25, -0.2) is 0 Å². The molecule has 1 saturated heterocycles. The highest BCUT2D eigenvalue weighted by Crippen LogP contribution is 2.26. The summed E-state index contributed by atoms with van der Waals surface area (Å²) in [7, 11) is 0. The highest BCUT2D eigenvalue weighted by molar-refractivity contribution is 6.30. The number of nitrogens with zero attached hydrogens (tertiary/aromatic N) is 4. The molecule has 28 heavy (non-hydrogen) atoms. The molecule has 7 nitrogen and oxygen atoms in total. The highest BCUT2D eigenvalue weighted by Gasteiger charge is 2.27. The molecule has 3 heterocycles. The molecule has 4 rings (SSSR count). The summed E-state index contributed by atoms with van der Waals surface area (Å²) >= 11 is 6.02. The summed E-state index contributed by atoms with van der Waals surface area (Å²) in [6, 6.07) is 11.6. The number of benzene rings is 1. The second kappa shape index (κ2) is 8.39. The van der Waals surface area contributed by atoms with Crippen molar-refractivity contribution in [2.45, 2.75) is 19.4 Å². The molecule has 1 aliphatic rings. The van der Waals surface area contributed by atoms with Crippen LogP contribution < -0.4 is 10.2 Å². The molecule has 0 saturated carbocycles. The van der Waals surface area contributed by atoms with E-state index in [4.69, 9.17) is 16.1 Å². The fraction of sp³-hybridized carbons (Fsp3) is 0.300. The van der Waals surface area contributed by atoms with Crippen LogP contribution in [0.2, 0.25) is 5.02 Å². The maximum Gasteiger partial charge on any atom is 0.324 e. The van der Waals surface area contributed by atoms with Crippen LogP contribution in [0.5, 0.6) is 0 Å². The van der Waals surface area contributed by atoms with E-state index in [2.05, 4.69) is 20.4 Å². The Kier molecular flexibility index (Phi) is 5.53. The van der Waals surface area contributed by atoms with Gasteiger partial charge in [0.1, 0.15) is 0 Å². The number of rotatable bonds is 5. The first-order chi connectivity index (χ1) is 13.7. The number of amides is 1. The fourth-order valence-corrected chi connectivity index (χ4v) is 3.45. The normalized spacial score (nSPS) is 14.8. The summed E-state index contributed by atoms with van der Waals surface area (Å²) in [6.45, 7) is 1.89. The Hall–Kier alpha value is -2.93. The van der Waals surface area contributed by atoms with E-state index in [-0.39, 0.29) is 11.8 Å². The fourth-order valence-electron chi connectivity index (χ4n) is 3.26. The monoisotopic (exact) mass is 397 g/mol. The predicted molar refractivity (Wildman–Crippen MR) is 106 cm³/mol. The minimum atomic E-state index is -0.0109. The molecule has 0 unspecified atom stereocenters. The Bertz CT molecular complexity index is 939. The smallest absolute Gasteiger partial charge is 0.324 e. The molecule has 0 bridgehead atoms. The summed E-state index contributed by atoms with van der Waals surface area (Å²) in [5.41, 5.74) is 1.81. The van der Waals surface area contributed by atoms with Gasteiger partial charge in [-0.15, -0.1) is 0 Å². The van der Waals surface area contributed by atoms with Crippen LogP contribution in [-0.2, 0) is 11.3 Å². The lowest BCUT2D eigenvalue weighted by molar-refractivity contribution is -0.125. The zero-order valence-electron chi connectivity index (χ0n) is 15.2. The summed E-state index contributed by atoms with van der Waals surface area (Å²) in [4.78, 5) is 23.0. The number of carbonyl (C=O) groups is 1. The van der Waals surface area contributed by atoms with Crippen molar-refractivity contribution in [1.82, 2.24) is 20.4 Å². The molecule has 1 aliphatic heterocycles. The van der Waals surface area contributed by atoms with Gasteiger partial charge in [0, 0.05) is 48.5 Å². The third-order valence-corrected chi connectivity index (χ3v) is 5.06. The van der Waals surface area contributed by atoms with Crippen molar-refractivity contribution in [3.63, 3.8) is 0 Å². The number of halogens is 1. The molecule has 8 heteroatoms. The van der Waals surface area contributed by atoms with Crippen LogP contribution in [0, 0.1) is 5.92 Å². The summed E-state index contributed by atoms with van der Waals surface area (Å²) in [6.07, 6.45) is 4.97. The molecule has 1 aromatic carbocycles. The average molecular weight is 398 g/mol. The van der Waals surface area contributed by atoms with Gasteiger partial charge in [-0.2, -0.15) is 4.98 Å². The van der Waals surface area contributed by atoms with Crippen LogP contribution in [0.1, 0.15) is 18.4 Å². The van der Waals surface area contributed by atoms with Crippen molar-refractivity contribution in [3.05, 3.63) is 59.4 Å². The van der Waals surface area contributed by atoms with E-state index >= 15 is 0 Å². The van der Waals surface area contributed by atoms with Crippen LogP contribution in [0.25, 0.3) is 11.4 Å². The molecule has 1 fully saturated rings. The van der Waals surface area contributed by atoms with Crippen molar-refractivity contribution >= 4 is 23.5 Å². The van der Waals surface area contributed by atoms with E-state index in [1.165, 1.54) is 0 Å². The Balaban J connectivity index is 1.31. The molecule has 1 N–H and O–H groups in total. The third-order valence-electron chi connectivity index (χ3n) is 4.82. The molecule has 2 aromatic heterocycles. The van der Waals surface area contributed by atoms with Gasteiger partial charge in [0.05, 0.1) is 0 Å². The van der Waals surface area contributed by atoms with Crippen molar-refractivity contribution in [2.75, 3.05) is 18.0 Å². The van der Waals surface area contributed by atoms with Crippen molar-refractivity contribution < 1.29 is 9.32 Å². The number of hydrogen-bond donors (Lipinski definition) is 1. The van der Waals surface area contributed by atoms with E-state index in [0.717, 1.165) is 24.0 Å². The van der Waals surface area contributed by atoms with Gasteiger partial charge >= 0.3 is 6.01 Å². The van der Waals surface area contributed by atoms with Gasteiger partial charge in [-0.05, 0) is 36.6 Å². The van der Waals surface area contributed by atoms with Crippen LogP contribution in [0.4, 0.5) is 6.01 Å². The van der Waals surface area contributed by atoms with Crippen LogP contribution in [0.15, 0.2) is 53.3 Å². The first-order valence-corrected chi connectivity index (χ1v) is 9.58. The average Bonchev–Trinajstić information content (AvgIpc) is 3.23. The number of anilines is 1. The van der Waals surface area contributed by atoms with Crippen LogP contribution >= 0.6 is 11.6 Å².